The quantitative estimate of drug-likeness (QED) is 0.210. The van der Waals surface area contributed by atoms with Gasteiger partial charge >= 0.3 is 0 Å². The molecule has 0 radical (unpaired) electrons. The first-order valence-electron chi connectivity index (χ1n) is 13.3. The fraction of sp³-hybridized carbons (Fsp3) is 0.538. The van der Waals surface area contributed by atoms with Gasteiger partial charge in [0, 0.05) is 23.4 Å². The van der Waals surface area contributed by atoms with E-state index in [1.165, 1.54) is 18.9 Å². The molecule has 208 valence electrons. The van der Waals surface area contributed by atoms with E-state index < -0.39 is 18.3 Å². The number of rotatable bonds is 10. The summed E-state index contributed by atoms with van der Waals surface area (Å²) in [7, 11) is 0. The molecule has 0 bridgehead atoms. The van der Waals surface area contributed by atoms with E-state index in [4.69, 9.17) is 30.5 Å². The van der Waals surface area contributed by atoms with Gasteiger partial charge in [-0.05, 0) is 43.4 Å². The summed E-state index contributed by atoms with van der Waals surface area (Å²) in [4.78, 5) is 12.1. The van der Waals surface area contributed by atoms with E-state index in [0.29, 0.717) is 59.5 Å². The molecule has 4 heterocycles. The van der Waals surface area contributed by atoms with Crippen molar-refractivity contribution < 1.29 is 28.4 Å². The number of aryl methyl sites for hydroxylation is 1. The van der Waals surface area contributed by atoms with Crippen LogP contribution < -0.4 is 19.5 Å². The van der Waals surface area contributed by atoms with Crippen LogP contribution in [0.4, 0.5) is 10.2 Å². The van der Waals surface area contributed by atoms with Crippen molar-refractivity contribution in [3.63, 3.8) is 0 Å². The number of ether oxygens (including phenoxy) is 4. The number of aromatic amines is 1. The van der Waals surface area contributed by atoms with Gasteiger partial charge in [0.05, 0.1) is 29.8 Å². The molecule has 2 saturated heterocycles. The number of pyridine rings is 1. The number of halogens is 2. The number of nitrogens with zero attached hydrogens (tertiary/aromatic N) is 2. The number of benzene rings is 1. The Labute approximate surface area is 233 Å². The second-order valence-electron chi connectivity index (χ2n) is 10.3. The molecule has 0 amide bonds. The average Bonchev–Trinajstić information content (AvgIpc) is 3.20. The fourth-order valence-electron chi connectivity index (χ4n) is 5.40. The smallest absolute Gasteiger partial charge is 0.296 e. The van der Waals surface area contributed by atoms with Gasteiger partial charge in [-0.3, -0.25) is 4.72 Å². The Bertz CT molecular complexity index is 1380. The zero-order valence-corrected chi connectivity index (χ0v) is 22.6. The summed E-state index contributed by atoms with van der Waals surface area (Å²) in [6.45, 7) is 1.71. The van der Waals surface area contributed by atoms with E-state index in [0.717, 1.165) is 17.2 Å². The SMILES string of the molecule is O[C@@H]1CO[C@H]2C1OC[C@H]2Oc1nc2nc(NC3CCc4cc(OCCNSC5CC5)cc(F)c43)c(Cl)cc2[nH]1. The largest absolute Gasteiger partial charge is 0.492 e. The highest BCUT2D eigenvalue weighted by molar-refractivity contribution is 7.98. The van der Waals surface area contributed by atoms with Gasteiger partial charge in [-0.15, -0.1) is 0 Å². The van der Waals surface area contributed by atoms with Gasteiger partial charge in [-0.25, -0.2) is 9.37 Å². The lowest BCUT2D eigenvalue weighted by molar-refractivity contribution is 0.00706. The summed E-state index contributed by atoms with van der Waals surface area (Å²) in [5.74, 6) is 0.663. The molecule has 1 saturated carbocycles. The van der Waals surface area contributed by atoms with Gasteiger partial charge in [0.25, 0.3) is 6.01 Å². The Morgan fingerprint density at radius 2 is 2.03 bits per heavy atom. The monoisotopic (exact) mass is 577 g/mol. The van der Waals surface area contributed by atoms with Crippen molar-refractivity contribution in [2.75, 3.05) is 31.7 Å². The number of aromatic nitrogens is 3. The third kappa shape index (κ3) is 5.25. The van der Waals surface area contributed by atoms with Crippen LogP contribution in [0.5, 0.6) is 11.8 Å². The number of fused-ring (bicyclic) bond motifs is 3. The second-order valence-corrected chi connectivity index (χ2v) is 11.9. The van der Waals surface area contributed by atoms with Crippen LogP contribution in [0.1, 0.15) is 36.4 Å². The Morgan fingerprint density at radius 1 is 1.15 bits per heavy atom. The normalized spacial score (nSPS) is 27.6. The maximum atomic E-state index is 15.2. The predicted molar refractivity (Wildman–Crippen MR) is 144 cm³/mol. The lowest BCUT2D eigenvalue weighted by atomic mass is 10.1. The molecule has 5 atom stereocenters. The molecule has 2 aliphatic heterocycles. The first kappa shape index (κ1) is 25.6. The van der Waals surface area contributed by atoms with Crippen molar-refractivity contribution >= 4 is 40.5 Å². The van der Waals surface area contributed by atoms with Crippen LogP contribution in [-0.2, 0) is 15.9 Å². The van der Waals surface area contributed by atoms with Crippen molar-refractivity contribution in [2.24, 2.45) is 0 Å². The van der Waals surface area contributed by atoms with Gasteiger partial charge in [-0.1, -0.05) is 23.5 Å². The summed E-state index contributed by atoms with van der Waals surface area (Å²) < 4.78 is 41.5. The fourth-order valence-corrected chi connectivity index (χ4v) is 6.41. The Morgan fingerprint density at radius 3 is 2.90 bits per heavy atom. The molecule has 1 aromatic carbocycles. The van der Waals surface area contributed by atoms with E-state index in [2.05, 4.69) is 25.0 Å². The number of anilines is 1. The molecule has 39 heavy (non-hydrogen) atoms. The van der Waals surface area contributed by atoms with Crippen molar-refractivity contribution in [3.8, 4) is 11.8 Å². The van der Waals surface area contributed by atoms with Crippen LogP contribution >= 0.6 is 23.5 Å². The van der Waals surface area contributed by atoms with Crippen LogP contribution in [0.15, 0.2) is 18.2 Å². The van der Waals surface area contributed by atoms with Crippen LogP contribution in [0.3, 0.4) is 0 Å². The summed E-state index contributed by atoms with van der Waals surface area (Å²) in [5, 5.41) is 14.4. The molecule has 13 heteroatoms. The first-order valence-corrected chi connectivity index (χ1v) is 14.5. The Kier molecular flexibility index (Phi) is 6.94. The number of hydrogen-bond donors (Lipinski definition) is 4. The third-order valence-corrected chi connectivity index (χ3v) is 8.91. The summed E-state index contributed by atoms with van der Waals surface area (Å²) >= 11 is 8.30. The van der Waals surface area contributed by atoms with Crippen LogP contribution in [0.25, 0.3) is 11.2 Å². The molecule has 2 aromatic heterocycles. The van der Waals surface area contributed by atoms with E-state index in [-0.39, 0.29) is 30.6 Å². The maximum absolute atomic E-state index is 15.2. The van der Waals surface area contributed by atoms with Crippen molar-refractivity contribution in [1.82, 2.24) is 19.7 Å². The minimum absolute atomic E-state index is 0.220. The van der Waals surface area contributed by atoms with Crippen molar-refractivity contribution in [3.05, 3.63) is 40.2 Å². The minimum Gasteiger partial charge on any atom is -0.492 e. The first-order chi connectivity index (χ1) is 19.0. The van der Waals surface area contributed by atoms with Crippen LogP contribution in [0.2, 0.25) is 5.02 Å². The molecule has 4 N–H and O–H groups in total. The van der Waals surface area contributed by atoms with E-state index in [1.54, 1.807) is 18.0 Å². The van der Waals surface area contributed by atoms with Gasteiger partial charge in [0.2, 0.25) is 0 Å². The van der Waals surface area contributed by atoms with E-state index in [1.807, 2.05) is 6.07 Å². The molecule has 7 rings (SSSR count). The number of imidazole rings is 1. The Hall–Kier alpha value is -2.35. The topological polar surface area (TPSA) is 123 Å². The highest BCUT2D eigenvalue weighted by Crippen LogP contribution is 2.39. The molecular formula is C26H29ClFN5O5S. The highest BCUT2D eigenvalue weighted by Gasteiger charge is 2.48. The van der Waals surface area contributed by atoms with Crippen molar-refractivity contribution in [1.29, 1.82) is 0 Å². The van der Waals surface area contributed by atoms with Crippen LogP contribution in [-0.4, -0.2) is 76.1 Å². The van der Waals surface area contributed by atoms with Gasteiger partial charge in [-0.2, -0.15) is 4.98 Å². The Balaban J connectivity index is 1.02. The maximum Gasteiger partial charge on any atom is 0.296 e. The molecule has 3 fully saturated rings. The molecular weight excluding hydrogens is 549 g/mol. The van der Waals surface area contributed by atoms with Gasteiger partial charge in [0.15, 0.2) is 11.8 Å². The van der Waals surface area contributed by atoms with Gasteiger partial charge < -0.3 is 34.4 Å². The summed E-state index contributed by atoms with van der Waals surface area (Å²) in [5.41, 5.74) is 2.55. The number of aliphatic hydroxyl groups excluding tert-OH is 1. The molecule has 2 aliphatic carbocycles. The van der Waals surface area contributed by atoms with Crippen molar-refractivity contribution in [2.45, 2.75) is 61.4 Å². The highest BCUT2D eigenvalue weighted by atomic mass is 35.5. The summed E-state index contributed by atoms with van der Waals surface area (Å²) in [6.07, 6.45) is 2.17. The minimum atomic E-state index is -0.656. The summed E-state index contributed by atoms with van der Waals surface area (Å²) in [6, 6.07) is 5.08. The van der Waals surface area contributed by atoms with Crippen LogP contribution in [0, 0.1) is 5.82 Å². The van der Waals surface area contributed by atoms with E-state index >= 15 is 4.39 Å². The lowest BCUT2D eigenvalue weighted by Gasteiger charge is -2.17. The number of hydrogen-bond acceptors (Lipinski definition) is 10. The standard InChI is InChI=1S/C26H29ClFN5O5S/c27-15-9-18-25(33-26(31-18)38-20-11-37-22-19(34)10-36-23(20)22)32-24(15)30-17-4-1-12-7-13(8-16(28)21(12)17)35-6-5-29-39-14-2-3-14/h7-9,14,17,19-20,22-23,29,34H,1-6,10-11H2,(H2,30,31,32,33)/t17?,19-,20-,22?,23-/m1/s1. The zero-order valence-electron chi connectivity index (χ0n) is 21.0. The number of aliphatic hydroxyl groups is 1. The molecule has 3 aromatic rings. The molecule has 2 unspecified atom stereocenters. The second kappa shape index (κ2) is 10.6. The molecule has 0 spiro atoms. The number of nitrogens with one attached hydrogen (secondary N) is 3. The predicted octanol–water partition coefficient (Wildman–Crippen LogP) is 3.53. The molecule has 4 aliphatic rings. The lowest BCUT2D eigenvalue weighted by Crippen LogP contribution is -2.34. The number of H-pyrrole nitrogens is 1. The third-order valence-electron chi connectivity index (χ3n) is 7.45. The average molecular weight is 578 g/mol. The zero-order chi connectivity index (χ0) is 26.5. The van der Waals surface area contributed by atoms with E-state index in [9.17, 15) is 5.11 Å². The molecule has 10 nitrogen and oxygen atoms in total. The van der Waals surface area contributed by atoms with Gasteiger partial charge in [0.1, 0.15) is 42.3 Å².